The molecule has 4 rings (SSSR count). The van der Waals surface area contributed by atoms with Crippen molar-refractivity contribution in [1.29, 1.82) is 0 Å². The summed E-state index contributed by atoms with van der Waals surface area (Å²) in [5.74, 6) is 1.35. The molecule has 1 aromatic heterocycles. The summed E-state index contributed by atoms with van der Waals surface area (Å²) in [6, 6.07) is 19.9. The number of likely N-dealkylation sites (tertiary alicyclic amines) is 1. The third-order valence-corrected chi connectivity index (χ3v) is 5.29. The summed E-state index contributed by atoms with van der Waals surface area (Å²) in [4.78, 5) is 2.37. The smallest absolute Gasteiger partial charge is 0.168 e. The van der Waals surface area contributed by atoms with Gasteiger partial charge in [-0.15, -0.1) is 0 Å². The number of methoxy groups -OCH3 is 1. The van der Waals surface area contributed by atoms with Crippen LogP contribution in [0.2, 0.25) is 0 Å². The molecule has 0 spiro atoms. The molecule has 1 saturated heterocycles. The van der Waals surface area contributed by atoms with Crippen LogP contribution in [0.15, 0.2) is 65.2 Å². The normalized spacial score (nSPS) is 17.0. The van der Waals surface area contributed by atoms with Gasteiger partial charge >= 0.3 is 0 Å². The molecule has 1 fully saturated rings. The molecule has 1 aliphatic rings. The molecule has 1 aliphatic heterocycles. The van der Waals surface area contributed by atoms with Gasteiger partial charge in [-0.1, -0.05) is 35.5 Å². The summed E-state index contributed by atoms with van der Waals surface area (Å²) in [5.41, 5.74) is 2.01. The fourth-order valence-corrected chi connectivity index (χ4v) is 3.56. The van der Waals surface area contributed by atoms with E-state index < -0.39 is 5.60 Å². The van der Waals surface area contributed by atoms with Crippen molar-refractivity contribution in [2.24, 2.45) is 0 Å². The minimum atomic E-state index is -0.953. The lowest BCUT2D eigenvalue weighted by Crippen LogP contribution is -2.42. The van der Waals surface area contributed by atoms with Gasteiger partial charge in [-0.05, 0) is 42.7 Å². The topological polar surface area (TPSA) is 58.7 Å². The van der Waals surface area contributed by atoms with E-state index in [1.165, 1.54) is 5.56 Å². The maximum Gasteiger partial charge on any atom is 0.168 e. The van der Waals surface area contributed by atoms with E-state index in [1.54, 1.807) is 7.11 Å². The summed E-state index contributed by atoms with van der Waals surface area (Å²) >= 11 is 0. The summed E-state index contributed by atoms with van der Waals surface area (Å²) in [7, 11) is 1.64. The van der Waals surface area contributed by atoms with Crippen molar-refractivity contribution in [2.45, 2.75) is 25.0 Å². The summed E-state index contributed by atoms with van der Waals surface area (Å²) in [6.07, 6.45) is 1.27. The van der Waals surface area contributed by atoms with Crippen LogP contribution in [0, 0.1) is 0 Å². The van der Waals surface area contributed by atoms with Gasteiger partial charge in [-0.2, -0.15) is 0 Å². The number of benzene rings is 2. The monoisotopic (exact) mass is 364 g/mol. The number of piperidine rings is 1. The second-order valence-electron chi connectivity index (χ2n) is 7.10. The van der Waals surface area contributed by atoms with E-state index in [1.807, 2.05) is 36.4 Å². The Bertz CT molecular complexity index is 866. The molecule has 0 atom stereocenters. The molecular weight excluding hydrogens is 340 g/mol. The Balaban J connectivity index is 1.42. The Morgan fingerprint density at radius 2 is 1.78 bits per heavy atom. The number of rotatable bonds is 5. The molecule has 0 radical (unpaired) electrons. The van der Waals surface area contributed by atoms with Crippen molar-refractivity contribution >= 4 is 0 Å². The molecule has 5 nitrogen and oxygen atoms in total. The van der Waals surface area contributed by atoms with E-state index in [2.05, 4.69) is 34.3 Å². The largest absolute Gasteiger partial charge is 0.497 e. The van der Waals surface area contributed by atoms with E-state index >= 15 is 0 Å². The van der Waals surface area contributed by atoms with Gasteiger partial charge in [0.05, 0.1) is 7.11 Å². The predicted octanol–water partition coefficient (Wildman–Crippen LogP) is 3.83. The summed E-state index contributed by atoms with van der Waals surface area (Å²) < 4.78 is 10.7. The van der Waals surface area contributed by atoms with Crippen molar-refractivity contribution in [2.75, 3.05) is 20.2 Å². The van der Waals surface area contributed by atoms with Crippen LogP contribution in [0.25, 0.3) is 11.3 Å². The maximum atomic E-state index is 11.1. The highest BCUT2D eigenvalue weighted by molar-refractivity contribution is 5.60. The Morgan fingerprint density at radius 3 is 2.44 bits per heavy atom. The van der Waals surface area contributed by atoms with E-state index in [0.717, 1.165) is 36.6 Å². The minimum absolute atomic E-state index is 0.549. The lowest BCUT2D eigenvalue weighted by molar-refractivity contribution is -0.0470. The highest BCUT2D eigenvalue weighted by atomic mass is 16.5. The number of hydrogen-bond donors (Lipinski definition) is 1. The molecule has 2 heterocycles. The van der Waals surface area contributed by atoms with Crippen molar-refractivity contribution in [3.8, 4) is 17.0 Å². The van der Waals surface area contributed by atoms with E-state index in [4.69, 9.17) is 9.26 Å². The molecule has 0 amide bonds. The fourth-order valence-electron chi connectivity index (χ4n) is 3.56. The van der Waals surface area contributed by atoms with Crippen LogP contribution < -0.4 is 4.74 Å². The molecule has 0 aliphatic carbocycles. The number of ether oxygens (including phenoxy) is 1. The zero-order valence-corrected chi connectivity index (χ0v) is 15.5. The van der Waals surface area contributed by atoms with E-state index in [0.29, 0.717) is 18.6 Å². The van der Waals surface area contributed by atoms with Crippen molar-refractivity contribution < 1.29 is 14.4 Å². The standard InChI is InChI=1S/C22H24N2O3/c1-26-19-9-7-18(8-10-19)20-15-21(27-23-20)22(25)11-13-24(14-12-22)16-17-5-3-2-4-6-17/h2-10,15,25H,11-14,16H2,1H3. The molecule has 1 N–H and O–H groups in total. The first-order chi connectivity index (χ1) is 13.2. The zero-order valence-electron chi connectivity index (χ0n) is 15.5. The van der Waals surface area contributed by atoms with Gasteiger partial charge in [-0.3, -0.25) is 4.90 Å². The lowest BCUT2D eigenvalue weighted by Gasteiger charge is -2.36. The Hall–Kier alpha value is -2.63. The maximum absolute atomic E-state index is 11.1. The number of nitrogens with zero attached hydrogens (tertiary/aromatic N) is 2. The molecule has 27 heavy (non-hydrogen) atoms. The average Bonchev–Trinajstić information content (AvgIpc) is 3.22. The second kappa shape index (κ2) is 7.55. The van der Waals surface area contributed by atoms with Gasteiger partial charge in [-0.25, -0.2) is 0 Å². The number of aromatic nitrogens is 1. The van der Waals surface area contributed by atoms with Crippen LogP contribution in [-0.2, 0) is 12.1 Å². The highest BCUT2D eigenvalue weighted by Gasteiger charge is 2.37. The van der Waals surface area contributed by atoms with Crippen LogP contribution >= 0.6 is 0 Å². The molecule has 0 bridgehead atoms. The number of aliphatic hydroxyl groups is 1. The summed E-state index contributed by atoms with van der Waals surface area (Å²) in [6.45, 7) is 2.55. The van der Waals surface area contributed by atoms with Crippen molar-refractivity contribution in [3.05, 3.63) is 72.0 Å². The fraction of sp³-hybridized carbons (Fsp3) is 0.318. The van der Waals surface area contributed by atoms with Crippen molar-refractivity contribution in [1.82, 2.24) is 10.1 Å². The molecule has 0 unspecified atom stereocenters. The Labute approximate surface area is 159 Å². The molecule has 0 saturated carbocycles. The Morgan fingerprint density at radius 1 is 1.07 bits per heavy atom. The van der Waals surface area contributed by atoms with Crippen LogP contribution in [0.1, 0.15) is 24.2 Å². The first kappa shape index (κ1) is 17.8. The Kier molecular flexibility index (Phi) is 4.97. The molecule has 140 valence electrons. The SMILES string of the molecule is COc1ccc(-c2cc(C3(O)CCN(Cc4ccccc4)CC3)on2)cc1. The van der Waals surface area contributed by atoms with Gasteiger partial charge in [0.25, 0.3) is 0 Å². The van der Waals surface area contributed by atoms with Crippen LogP contribution in [0.3, 0.4) is 0 Å². The third-order valence-electron chi connectivity index (χ3n) is 5.29. The highest BCUT2D eigenvalue weighted by Crippen LogP contribution is 2.35. The van der Waals surface area contributed by atoms with Gasteiger partial charge in [0, 0.05) is 31.3 Å². The van der Waals surface area contributed by atoms with Crippen LogP contribution in [0.5, 0.6) is 5.75 Å². The molecule has 2 aromatic carbocycles. The van der Waals surface area contributed by atoms with Crippen molar-refractivity contribution in [3.63, 3.8) is 0 Å². The molecule has 3 aromatic rings. The zero-order chi connectivity index (χ0) is 18.7. The average molecular weight is 364 g/mol. The van der Waals surface area contributed by atoms with Gasteiger partial charge < -0.3 is 14.4 Å². The predicted molar refractivity (Wildman–Crippen MR) is 103 cm³/mol. The quantitative estimate of drug-likeness (QED) is 0.745. The first-order valence-electron chi connectivity index (χ1n) is 9.27. The lowest BCUT2D eigenvalue weighted by atomic mass is 9.88. The molecule has 5 heteroatoms. The first-order valence-corrected chi connectivity index (χ1v) is 9.27. The van der Waals surface area contributed by atoms with Gasteiger partial charge in [0.15, 0.2) is 5.76 Å². The minimum Gasteiger partial charge on any atom is -0.497 e. The van der Waals surface area contributed by atoms with Crippen LogP contribution in [0.4, 0.5) is 0 Å². The second-order valence-corrected chi connectivity index (χ2v) is 7.10. The van der Waals surface area contributed by atoms with Crippen LogP contribution in [-0.4, -0.2) is 35.4 Å². The van der Waals surface area contributed by atoms with Gasteiger partial charge in [0.1, 0.15) is 17.0 Å². The number of hydrogen-bond acceptors (Lipinski definition) is 5. The molecular formula is C22H24N2O3. The summed E-state index contributed by atoms with van der Waals surface area (Å²) in [5, 5.41) is 15.2. The van der Waals surface area contributed by atoms with E-state index in [9.17, 15) is 5.11 Å². The third kappa shape index (κ3) is 3.89. The van der Waals surface area contributed by atoms with Gasteiger partial charge in [0.2, 0.25) is 0 Å². The van der Waals surface area contributed by atoms with E-state index in [-0.39, 0.29) is 0 Å².